The van der Waals surface area contributed by atoms with Gasteiger partial charge < -0.3 is 5.73 Å². The van der Waals surface area contributed by atoms with Crippen LogP contribution in [0.25, 0.3) is 14.8 Å². The molecule has 0 saturated carbocycles. The van der Waals surface area contributed by atoms with Crippen LogP contribution >= 0.6 is 22.7 Å². The average Bonchev–Trinajstić information content (AvgIpc) is 2.89. The summed E-state index contributed by atoms with van der Waals surface area (Å²) in [6, 6.07) is 1.89. The van der Waals surface area contributed by atoms with Crippen LogP contribution in [0.1, 0.15) is 25.6 Å². The number of rotatable bonds is 2. The molecule has 0 radical (unpaired) electrons. The molecule has 0 aliphatic heterocycles. The van der Waals surface area contributed by atoms with Gasteiger partial charge in [-0.1, -0.05) is 25.2 Å². The second-order valence-corrected chi connectivity index (χ2v) is 5.89. The minimum Gasteiger partial charge on any atom is -0.397 e. The van der Waals surface area contributed by atoms with Crippen molar-refractivity contribution in [1.29, 1.82) is 0 Å². The molecule has 5 nitrogen and oxygen atoms in total. The van der Waals surface area contributed by atoms with E-state index >= 15 is 0 Å². The zero-order valence-corrected chi connectivity index (χ0v) is 11.0. The van der Waals surface area contributed by atoms with Gasteiger partial charge in [-0.2, -0.15) is 9.61 Å². The predicted octanol–water partition coefficient (Wildman–Crippen LogP) is 2.62. The first-order valence-electron chi connectivity index (χ1n) is 5.22. The van der Waals surface area contributed by atoms with Crippen LogP contribution < -0.4 is 5.73 Å². The van der Waals surface area contributed by atoms with Crippen molar-refractivity contribution in [2.45, 2.75) is 19.8 Å². The third-order valence-corrected chi connectivity index (χ3v) is 4.40. The molecule has 3 aromatic heterocycles. The van der Waals surface area contributed by atoms with Gasteiger partial charge in [-0.05, 0) is 11.4 Å². The highest BCUT2D eigenvalue weighted by atomic mass is 32.1. The number of aromatic nitrogens is 4. The molecule has 0 atom stereocenters. The van der Waals surface area contributed by atoms with E-state index in [1.54, 1.807) is 11.3 Å². The minimum absolute atomic E-state index is 0.306. The number of hydrogen-bond acceptors (Lipinski definition) is 6. The maximum Gasteiger partial charge on any atom is 0.235 e. The summed E-state index contributed by atoms with van der Waals surface area (Å²) in [6.07, 6.45) is 0. The van der Waals surface area contributed by atoms with Gasteiger partial charge in [-0.3, -0.25) is 0 Å². The Kier molecular flexibility index (Phi) is 2.37. The Morgan fingerprint density at radius 3 is 2.82 bits per heavy atom. The van der Waals surface area contributed by atoms with Crippen molar-refractivity contribution in [1.82, 2.24) is 19.8 Å². The summed E-state index contributed by atoms with van der Waals surface area (Å²) in [7, 11) is 0. The molecule has 2 N–H and O–H groups in total. The van der Waals surface area contributed by atoms with E-state index in [-0.39, 0.29) is 0 Å². The van der Waals surface area contributed by atoms with Crippen molar-refractivity contribution in [3.05, 3.63) is 17.3 Å². The van der Waals surface area contributed by atoms with E-state index in [9.17, 15) is 0 Å². The summed E-state index contributed by atoms with van der Waals surface area (Å²) in [4.78, 5) is 1.83. The normalized spacial score (nSPS) is 11.7. The number of thiophene rings is 1. The third kappa shape index (κ3) is 1.62. The van der Waals surface area contributed by atoms with Crippen LogP contribution in [0, 0.1) is 0 Å². The van der Waals surface area contributed by atoms with Gasteiger partial charge in [-0.25, -0.2) is 0 Å². The molecular formula is C10H11N5S2. The highest BCUT2D eigenvalue weighted by molar-refractivity contribution is 7.24. The molecule has 17 heavy (non-hydrogen) atoms. The first-order chi connectivity index (χ1) is 8.16. The lowest BCUT2D eigenvalue weighted by Crippen LogP contribution is -1.97. The average molecular weight is 265 g/mol. The molecule has 3 rings (SSSR count). The van der Waals surface area contributed by atoms with Crippen molar-refractivity contribution in [3.63, 3.8) is 0 Å². The van der Waals surface area contributed by atoms with Crippen molar-refractivity contribution < 1.29 is 0 Å². The van der Waals surface area contributed by atoms with Gasteiger partial charge in [0.25, 0.3) is 0 Å². The SMILES string of the molecule is CC(C)c1nnc2sc(-c3sccc3N)nn12. The summed E-state index contributed by atoms with van der Waals surface area (Å²) < 4.78 is 1.81. The summed E-state index contributed by atoms with van der Waals surface area (Å²) in [6.45, 7) is 4.16. The zero-order valence-electron chi connectivity index (χ0n) is 9.41. The van der Waals surface area contributed by atoms with E-state index in [4.69, 9.17) is 5.73 Å². The maximum absolute atomic E-state index is 5.89. The molecule has 0 aromatic carbocycles. The van der Waals surface area contributed by atoms with Crippen LogP contribution in [0.3, 0.4) is 0 Å². The monoisotopic (exact) mass is 265 g/mol. The maximum atomic E-state index is 5.89. The van der Waals surface area contributed by atoms with Gasteiger partial charge in [0.05, 0.1) is 10.6 Å². The van der Waals surface area contributed by atoms with Crippen LogP contribution in [0.4, 0.5) is 5.69 Å². The number of anilines is 1. The number of nitrogen functional groups attached to an aromatic ring is 1. The Bertz CT molecular complexity index is 663. The molecule has 0 amide bonds. The minimum atomic E-state index is 0.306. The van der Waals surface area contributed by atoms with E-state index in [2.05, 4.69) is 29.1 Å². The molecule has 0 saturated heterocycles. The smallest absolute Gasteiger partial charge is 0.235 e. The van der Waals surface area contributed by atoms with E-state index in [0.717, 1.165) is 26.4 Å². The summed E-state index contributed by atoms with van der Waals surface area (Å²) in [5, 5.41) is 15.7. The lowest BCUT2D eigenvalue weighted by Gasteiger charge is -1.97. The highest BCUT2D eigenvalue weighted by Gasteiger charge is 2.16. The topological polar surface area (TPSA) is 69.1 Å². The molecule has 0 unspecified atom stereocenters. The number of nitrogens with zero attached hydrogens (tertiary/aromatic N) is 4. The quantitative estimate of drug-likeness (QED) is 0.773. The molecule has 3 heterocycles. The fourth-order valence-corrected chi connectivity index (χ4v) is 3.35. The first-order valence-corrected chi connectivity index (χ1v) is 6.92. The van der Waals surface area contributed by atoms with Gasteiger partial charge >= 0.3 is 0 Å². The molecule has 7 heteroatoms. The molecule has 0 bridgehead atoms. The largest absolute Gasteiger partial charge is 0.397 e. The fraction of sp³-hybridized carbons (Fsp3) is 0.300. The van der Waals surface area contributed by atoms with E-state index in [1.165, 1.54) is 11.3 Å². The van der Waals surface area contributed by atoms with Gasteiger partial charge in [0.1, 0.15) is 0 Å². The first kappa shape index (κ1) is 10.7. The van der Waals surface area contributed by atoms with E-state index < -0.39 is 0 Å². The summed E-state index contributed by atoms with van der Waals surface area (Å²) >= 11 is 3.11. The molecule has 88 valence electrons. The van der Waals surface area contributed by atoms with Crippen LogP contribution in [-0.4, -0.2) is 19.8 Å². The molecule has 0 aliphatic carbocycles. The van der Waals surface area contributed by atoms with Crippen molar-refractivity contribution in [2.24, 2.45) is 0 Å². The Balaban J connectivity index is 2.18. The Morgan fingerprint density at radius 1 is 1.35 bits per heavy atom. The Morgan fingerprint density at radius 2 is 2.18 bits per heavy atom. The van der Waals surface area contributed by atoms with Gasteiger partial charge in [0.15, 0.2) is 10.8 Å². The summed E-state index contributed by atoms with van der Waals surface area (Å²) in [5.41, 5.74) is 6.66. The molecule has 0 aliphatic rings. The third-order valence-electron chi connectivity index (χ3n) is 2.42. The predicted molar refractivity (Wildman–Crippen MR) is 70.5 cm³/mol. The molecule has 0 fully saturated rings. The van der Waals surface area contributed by atoms with Crippen molar-refractivity contribution >= 4 is 33.3 Å². The van der Waals surface area contributed by atoms with Crippen LogP contribution in [0.15, 0.2) is 11.4 Å². The Labute approximate surface area is 106 Å². The molecule has 0 spiro atoms. The lowest BCUT2D eigenvalue weighted by molar-refractivity contribution is 0.727. The number of nitrogens with two attached hydrogens (primary N) is 1. The van der Waals surface area contributed by atoms with Crippen molar-refractivity contribution in [3.8, 4) is 9.88 Å². The van der Waals surface area contributed by atoms with Gasteiger partial charge in [-0.15, -0.1) is 21.5 Å². The lowest BCUT2D eigenvalue weighted by atomic mass is 10.2. The van der Waals surface area contributed by atoms with Gasteiger partial charge in [0.2, 0.25) is 4.96 Å². The van der Waals surface area contributed by atoms with Crippen LogP contribution in [-0.2, 0) is 0 Å². The zero-order chi connectivity index (χ0) is 12.0. The van der Waals surface area contributed by atoms with E-state index in [1.807, 2.05) is 16.0 Å². The van der Waals surface area contributed by atoms with E-state index in [0.29, 0.717) is 5.92 Å². The van der Waals surface area contributed by atoms with Crippen LogP contribution in [0.5, 0.6) is 0 Å². The second-order valence-electron chi connectivity index (χ2n) is 4.02. The second kappa shape index (κ2) is 3.78. The molecule has 3 aromatic rings. The summed E-state index contributed by atoms with van der Waals surface area (Å²) in [5.74, 6) is 1.19. The Hall–Kier alpha value is -1.47. The van der Waals surface area contributed by atoms with Gasteiger partial charge in [0, 0.05) is 5.92 Å². The fourth-order valence-electron chi connectivity index (χ4n) is 1.58. The number of fused-ring (bicyclic) bond motifs is 1. The standard InChI is InChI=1S/C10H11N5S2/c1-5(2)8-12-13-10-15(8)14-9(17-10)7-6(11)3-4-16-7/h3-5H,11H2,1-2H3. The van der Waals surface area contributed by atoms with Crippen LogP contribution in [0.2, 0.25) is 0 Å². The number of hydrogen-bond donors (Lipinski definition) is 1. The molecular weight excluding hydrogens is 254 g/mol. The van der Waals surface area contributed by atoms with Crippen molar-refractivity contribution in [2.75, 3.05) is 5.73 Å². The highest BCUT2D eigenvalue weighted by Crippen LogP contribution is 2.34.